The number of carbonyl (C=O) groups excluding carboxylic acids is 1. The first-order chi connectivity index (χ1) is 14.4. The summed E-state index contributed by atoms with van der Waals surface area (Å²) in [5, 5.41) is 0. The number of ether oxygens (including phenoxy) is 1. The summed E-state index contributed by atoms with van der Waals surface area (Å²) in [5.74, 6) is 0.648. The lowest BCUT2D eigenvalue weighted by Gasteiger charge is -2.24. The molecule has 160 valence electrons. The van der Waals surface area contributed by atoms with Crippen molar-refractivity contribution in [2.24, 2.45) is 0 Å². The second-order valence-electron chi connectivity index (χ2n) is 7.00. The molecule has 1 amide bonds. The smallest absolute Gasteiger partial charge is 0.253 e. The van der Waals surface area contributed by atoms with Crippen LogP contribution in [0, 0.1) is 0 Å². The average molecular weight is 430 g/mol. The lowest BCUT2D eigenvalue weighted by molar-refractivity contribution is 0.0767. The Morgan fingerprint density at radius 2 is 1.90 bits per heavy atom. The molecule has 1 aliphatic heterocycles. The molecule has 0 radical (unpaired) electrons. The van der Waals surface area contributed by atoms with E-state index in [2.05, 4.69) is 16.2 Å². The molecule has 1 aliphatic rings. The maximum Gasteiger partial charge on any atom is 0.253 e. The SMILES string of the molecule is C=CCNS(=O)(=O)c1cccc(C(=O)N2CCCN(c3ccc(OC)cc3)CC2)c1. The molecule has 0 aliphatic carbocycles. The van der Waals surface area contributed by atoms with Crippen molar-refractivity contribution in [3.05, 3.63) is 66.7 Å². The Morgan fingerprint density at radius 1 is 1.13 bits per heavy atom. The molecule has 0 atom stereocenters. The average Bonchev–Trinajstić information content (AvgIpc) is 3.04. The number of anilines is 1. The van der Waals surface area contributed by atoms with E-state index in [1.807, 2.05) is 24.3 Å². The number of methoxy groups -OCH3 is 1. The summed E-state index contributed by atoms with van der Waals surface area (Å²) in [6, 6.07) is 14.0. The molecule has 2 aromatic carbocycles. The zero-order valence-electron chi connectivity index (χ0n) is 17.1. The molecule has 1 N–H and O–H groups in total. The Balaban J connectivity index is 1.70. The lowest BCUT2D eigenvalue weighted by atomic mass is 10.2. The predicted octanol–water partition coefficient (Wildman–Crippen LogP) is 2.51. The maximum absolute atomic E-state index is 13.0. The molecule has 0 bridgehead atoms. The third-order valence-corrected chi connectivity index (χ3v) is 6.45. The Kier molecular flexibility index (Phi) is 7.12. The third kappa shape index (κ3) is 5.20. The minimum absolute atomic E-state index is 0.0740. The van der Waals surface area contributed by atoms with Crippen LogP contribution in [0.5, 0.6) is 5.75 Å². The molecule has 1 saturated heterocycles. The van der Waals surface area contributed by atoms with Gasteiger partial charge in [0, 0.05) is 44.0 Å². The van der Waals surface area contributed by atoms with Crippen LogP contribution in [0.15, 0.2) is 66.1 Å². The number of hydrogen-bond donors (Lipinski definition) is 1. The Bertz CT molecular complexity index is 990. The van der Waals surface area contributed by atoms with E-state index in [-0.39, 0.29) is 17.3 Å². The van der Waals surface area contributed by atoms with Crippen molar-refractivity contribution in [3.63, 3.8) is 0 Å². The van der Waals surface area contributed by atoms with Crippen molar-refractivity contribution in [1.29, 1.82) is 0 Å². The fourth-order valence-electron chi connectivity index (χ4n) is 3.40. The van der Waals surface area contributed by atoms with Crippen LogP contribution in [0.25, 0.3) is 0 Å². The van der Waals surface area contributed by atoms with E-state index in [4.69, 9.17) is 4.74 Å². The summed E-state index contributed by atoms with van der Waals surface area (Å²) >= 11 is 0. The first-order valence-corrected chi connectivity index (χ1v) is 11.3. The van der Waals surface area contributed by atoms with E-state index >= 15 is 0 Å². The number of hydrogen-bond acceptors (Lipinski definition) is 5. The van der Waals surface area contributed by atoms with Crippen LogP contribution >= 0.6 is 0 Å². The van der Waals surface area contributed by atoms with Crippen LogP contribution in [0.3, 0.4) is 0 Å². The van der Waals surface area contributed by atoms with E-state index in [1.54, 1.807) is 24.1 Å². The van der Waals surface area contributed by atoms with Crippen LogP contribution < -0.4 is 14.4 Å². The van der Waals surface area contributed by atoms with Gasteiger partial charge in [0.25, 0.3) is 5.91 Å². The number of nitrogens with zero attached hydrogens (tertiary/aromatic N) is 2. The number of benzene rings is 2. The summed E-state index contributed by atoms with van der Waals surface area (Å²) in [6.45, 7) is 6.38. The Morgan fingerprint density at radius 3 is 2.60 bits per heavy atom. The Hall–Kier alpha value is -2.84. The number of carbonyl (C=O) groups is 1. The molecular formula is C22H27N3O4S. The molecule has 1 fully saturated rings. The van der Waals surface area contributed by atoms with Gasteiger partial charge >= 0.3 is 0 Å². The van der Waals surface area contributed by atoms with Crippen molar-refractivity contribution in [2.75, 3.05) is 44.7 Å². The molecule has 0 spiro atoms. The summed E-state index contributed by atoms with van der Waals surface area (Å²) < 4.78 is 32.3. The van der Waals surface area contributed by atoms with E-state index in [1.165, 1.54) is 18.2 Å². The van der Waals surface area contributed by atoms with Crippen molar-refractivity contribution >= 4 is 21.6 Å². The van der Waals surface area contributed by atoms with E-state index in [9.17, 15) is 13.2 Å². The highest BCUT2D eigenvalue weighted by Crippen LogP contribution is 2.21. The topological polar surface area (TPSA) is 79.0 Å². The second kappa shape index (κ2) is 9.77. The van der Waals surface area contributed by atoms with Gasteiger partial charge in [0.1, 0.15) is 5.75 Å². The highest BCUT2D eigenvalue weighted by atomic mass is 32.2. The zero-order chi connectivity index (χ0) is 21.6. The Labute approximate surface area is 178 Å². The molecule has 7 nitrogen and oxygen atoms in total. The summed E-state index contributed by atoms with van der Waals surface area (Å²) in [4.78, 5) is 17.1. The van der Waals surface area contributed by atoms with Crippen LogP contribution in [0.1, 0.15) is 16.8 Å². The van der Waals surface area contributed by atoms with E-state index in [0.717, 1.165) is 24.4 Å². The predicted molar refractivity (Wildman–Crippen MR) is 118 cm³/mol. The van der Waals surface area contributed by atoms with Gasteiger partial charge in [-0.15, -0.1) is 6.58 Å². The van der Waals surface area contributed by atoms with Crippen molar-refractivity contribution in [1.82, 2.24) is 9.62 Å². The first kappa shape index (κ1) is 21.9. The van der Waals surface area contributed by atoms with Gasteiger partial charge in [0.15, 0.2) is 0 Å². The molecular weight excluding hydrogens is 402 g/mol. The van der Waals surface area contributed by atoms with Crippen molar-refractivity contribution in [2.45, 2.75) is 11.3 Å². The van der Waals surface area contributed by atoms with Gasteiger partial charge in [0.05, 0.1) is 12.0 Å². The fourth-order valence-corrected chi connectivity index (χ4v) is 4.45. The van der Waals surface area contributed by atoms with Gasteiger partial charge in [-0.3, -0.25) is 4.79 Å². The number of nitrogens with one attached hydrogen (secondary N) is 1. The molecule has 3 rings (SSSR count). The highest BCUT2D eigenvalue weighted by Gasteiger charge is 2.22. The first-order valence-electron chi connectivity index (χ1n) is 9.83. The van der Waals surface area contributed by atoms with Gasteiger partial charge in [-0.25, -0.2) is 13.1 Å². The van der Waals surface area contributed by atoms with E-state index < -0.39 is 10.0 Å². The largest absolute Gasteiger partial charge is 0.497 e. The molecule has 1 heterocycles. The number of amides is 1. The monoisotopic (exact) mass is 429 g/mol. The molecule has 30 heavy (non-hydrogen) atoms. The number of sulfonamides is 1. The third-order valence-electron chi connectivity index (χ3n) is 5.03. The van der Waals surface area contributed by atoms with Crippen LogP contribution in [-0.2, 0) is 10.0 Å². The fraction of sp³-hybridized carbons (Fsp3) is 0.318. The molecule has 0 saturated carbocycles. The molecule has 8 heteroatoms. The second-order valence-corrected chi connectivity index (χ2v) is 8.77. The molecule has 0 aromatic heterocycles. The highest BCUT2D eigenvalue weighted by molar-refractivity contribution is 7.89. The van der Waals surface area contributed by atoms with Gasteiger partial charge in [-0.1, -0.05) is 12.1 Å². The van der Waals surface area contributed by atoms with Crippen molar-refractivity contribution < 1.29 is 17.9 Å². The molecule has 2 aromatic rings. The summed E-state index contributed by atoms with van der Waals surface area (Å²) in [6.07, 6.45) is 2.30. The minimum atomic E-state index is -3.68. The standard InChI is InChI=1S/C22H27N3O4S/c1-3-12-23-30(27,28)21-7-4-6-18(17-21)22(26)25-14-5-13-24(15-16-25)19-8-10-20(29-2)11-9-19/h3-4,6-11,17,23H,1,5,12-16H2,2H3. The lowest BCUT2D eigenvalue weighted by Crippen LogP contribution is -2.35. The summed E-state index contributed by atoms with van der Waals surface area (Å²) in [7, 11) is -2.04. The van der Waals surface area contributed by atoms with Crippen LogP contribution in [0.4, 0.5) is 5.69 Å². The maximum atomic E-state index is 13.0. The van der Waals surface area contributed by atoms with Crippen molar-refractivity contribution in [3.8, 4) is 5.75 Å². The zero-order valence-corrected chi connectivity index (χ0v) is 17.9. The molecule has 0 unspecified atom stereocenters. The normalized spacial score (nSPS) is 14.8. The number of rotatable bonds is 7. The van der Waals surface area contributed by atoms with Crippen LogP contribution in [0.2, 0.25) is 0 Å². The van der Waals surface area contributed by atoms with Crippen LogP contribution in [-0.4, -0.2) is 59.1 Å². The van der Waals surface area contributed by atoms with E-state index in [0.29, 0.717) is 25.2 Å². The van der Waals surface area contributed by atoms with Gasteiger partial charge in [-0.2, -0.15) is 0 Å². The van der Waals surface area contributed by atoms with Gasteiger partial charge < -0.3 is 14.5 Å². The minimum Gasteiger partial charge on any atom is -0.497 e. The van der Waals surface area contributed by atoms with Gasteiger partial charge in [0.2, 0.25) is 10.0 Å². The van der Waals surface area contributed by atoms with Gasteiger partial charge in [-0.05, 0) is 48.9 Å². The quantitative estimate of drug-likeness (QED) is 0.685. The summed E-state index contributed by atoms with van der Waals surface area (Å²) in [5.41, 5.74) is 1.46.